The van der Waals surface area contributed by atoms with Crippen LogP contribution in [0.5, 0.6) is 0 Å². The summed E-state index contributed by atoms with van der Waals surface area (Å²) in [7, 11) is 0. The molecule has 0 aliphatic carbocycles. The van der Waals surface area contributed by atoms with Gasteiger partial charge in [-0.05, 0) is 43.0 Å². The molecule has 2 aromatic heterocycles. The Labute approximate surface area is 134 Å². The standard InChI is InChI=1S/C18H18N2OS/c1-3-7-19-18(21)15-10-17(13-6-8-22-11-13)20-16-5-4-12(2)9-14(15)16/h4-6,8-11H,3,7H2,1-2H3,(H,19,21). The number of fused-ring (bicyclic) bond motifs is 1. The average Bonchev–Trinajstić information content (AvgIpc) is 3.06. The van der Waals surface area contributed by atoms with Gasteiger partial charge in [0.1, 0.15) is 0 Å². The number of thiophene rings is 1. The lowest BCUT2D eigenvalue weighted by Gasteiger charge is -2.10. The van der Waals surface area contributed by atoms with E-state index in [0.29, 0.717) is 12.1 Å². The molecule has 3 rings (SSSR count). The minimum Gasteiger partial charge on any atom is -0.352 e. The number of amides is 1. The Morgan fingerprint density at radius 2 is 2.14 bits per heavy atom. The Kier molecular flexibility index (Phi) is 4.20. The molecule has 3 aromatic rings. The molecule has 0 aliphatic rings. The number of pyridine rings is 1. The molecule has 0 saturated carbocycles. The fraction of sp³-hybridized carbons (Fsp3) is 0.222. The van der Waals surface area contributed by atoms with E-state index in [-0.39, 0.29) is 5.91 Å². The van der Waals surface area contributed by atoms with Crippen molar-refractivity contribution in [3.63, 3.8) is 0 Å². The lowest BCUT2D eigenvalue weighted by Crippen LogP contribution is -2.24. The Morgan fingerprint density at radius 1 is 1.27 bits per heavy atom. The van der Waals surface area contributed by atoms with Crippen LogP contribution in [0.2, 0.25) is 0 Å². The first-order chi connectivity index (χ1) is 10.7. The SMILES string of the molecule is CCCNC(=O)c1cc(-c2ccsc2)nc2ccc(C)cc12. The number of benzene rings is 1. The first-order valence-corrected chi connectivity index (χ1v) is 8.35. The molecule has 112 valence electrons. The quantitative estimate of drug-likeness (QED) is 0.775. The number of hydrogen-bond donors (Lipinski definition) is 1. The number of aryl methyl sites for hydroxylation is 1. The highest BCUT2D eigenvalue weighted by Crippen LogP contribution is 2.27. The minimum absolute atomic E-state index is 0.0312. The summed E-state index contributed by atoms with van der Waals surface area (Å²) in [4.78, 5) is 17.2. The van der Waals surface area contributed by atoms with Gasteiger partial charge in [-0.2, -0.15) is 11.3 Å². The third-order valence-electron chi connectivity index (χ3n) is 3.56. The fourth-order valence-corrected chi connectivity index (χ4v) is 3.07. The van der Waals surface area contributed by atoms with Crippen molar-refractivity contribution < 1.29 is 4.79 Å². The van der Waals surface area contributed by atoms with Crippen molar-refractivity contribution in [3.05, 3.63) is 52.2 Å². The molecular weight excluding hydrogens is 292 g/mol. The van der Waals surface area contributed by atoms with Crippen LogP contribution in [0, 0.1) is 6.92 Å². The Hall–Kier alpha value is -2.20. The second kappa shape index (κ2) is 6.28. The summed E-state index contributed by atoms with van der Waals surface area (Å²) in [6.07, 6.45) is 0.922. The lowest BCUT2D eigenvalue weighted by molar-refractivity contribution is 0.0955. The molecule has 0 spiro atoms. The maximum atomic E-state index is 12.5. The van der Waals surface area contributed by atoms with Crippen LogP contribution in [0.3, 0.4) is 0 Å². The molecule has 22 heavy (non-hydrogen) atoms. The molecule has 0 bridgehead atoms. The Morgan fingerprint density at radius 3 is 2.86 bits per heavy atom. The van der Waals surface area contributed by atoms with Crippen molar-refractivity contribution in [2.45, 2.75) is 20.3 Å². The van der Waals surface area contributed by atoms with Crippen LogP contribution in [-0.2, 0) is 0 Å². The zero-order valence-corrected chi connectivity index (χ0v) is 13.5. The van der Waals surface area contributed by atoms with E-state index in [1.54, 1.807) is 11.3 Å². The van der Waals surface area contributed by atoms with Crippen molar-refractivity contribution in [2.75, 3.05) is 6.54 Å². The van der Waals surface area contributed by atoms with Gasteiger partial charge in [0, 0.05) is 22.9 Å². The smallest absolute Gasteiger partial charge is 0.252 e. The monoisotopic (exact) mass is 310 g/mol. The largest absolute Gasteiger partial charge is 0.352 e. The van der Waals surface area contributed by atoms with Gasteiger partial charge in [-0.15, -0.1) is 0 Å². The summed E-state index contributed by atoms with van der Waals surface area (Å²) < 4.78 is 0. The van der Waals surface area contributed by atoms with Gasteiger partial charge in [0.15, 0.2) is 0 Å². The summed E-state index contributed by atoms with van der Waals surface area (Å²) in [5.41, 5.74) is 4.58. The van der Waals surface area contributed by atoms with E-state index in [0.717, 1.165) is 34.1 Å². The van der Waals surface area contributed by atoms with Crippen LogP contribution in [0.1, 0.15) is 29.3 Å². The Balaban J connectivity index is 2.17. The Bertz CT molecular complexity index is 809. The van der Waals surface area contributed by atoms with Crippen molar-refractivity contribution in [2.24, 2.45) is 0 Å². The molecule has 4 heteroatoms. The van der Waals surface area contributed by atoms with Gasteiger partial charge in [0.2, 0.25) is 0 Å². The number of rotatable bonds is 4. The van der Waals surface area contributed by atoms with Gasteiger partial charge in [0.25, 0.3) is 5.91 Å². The van der Waals surface area contributed by atoms with Crippen molar-refractivity contribution >= 4 is 28.1 Å². The third-order valence-corrected chi connectivity index (χ3v) is 4.24. The molecule has 0 radical (unpaired) electrons. The maximum absolute atomic E-state index is 12.5. The zero-order chi connectivity index (χ0) is 15.5. The third kappa shape index (κ3) is 2.88. The summed E-state index contributed by atoms with van der Waals surface area (Å²) >= 11 is 1.63. The van der Waals surface area contributed by atoms with Gasteiger partial charge in [-0.3, -0.25) is 4.79 Å². The van der Waals surface area contributed by atoms with E-state index in [1.165, 1.54) is 0 Å². The van der Waals surface area contributed by atoms with Gasteiger partial charge in [-0.25, -0.2) is 4.98 Å². The highest BCUT2D eigenvalue weighted by molar-refractivity contribution is 7.08. The average molecular weight is 310 g/mol. The molecule has 1 amide bonds. The highest BCUT2D eigenvalue weighted by atomic mass is 32.1. The summed E-state index contributed by atoms with van der Waals surface area (Å²) in [6, 6.07) is 9.97. The van der Waals surface area contributed by atoms with E-state index in [1.807, 2.05) is 49.6 Å². The molecule has 0 atom stereocenters. The molecule has 1 N–H and O–H groups in total. The summed E-state index contributed by atoms with van der Waals surface area (Å²) in [5.74, 6) is -0.0312. The normalized spacial score (nSPS) is 10.8. The number of hydrogen-bond acceptors (Lipinski definition) is 3. The van der Waals surface area contributed by atoms with Crippen LogP contribution in [0.4, 0.5) is 0 Å². The molecule has 0 fully saturated rings. The molecule has 1 aromatic carbocycles. The van der Waals surface area contributed by atoms with Crippen LogP contribution >= 0.6 is 11.3 Å². The minimum atomic E-state index is -0.0312. The number of nitrogens with zero attached hydrogens (tertiary/aromatic N) is 1. The highest BCUT2D eigenvalue weighted by Gasteiger charge is 2.14. The second-order valence-corrected chi connectivity index (χ2v) is 6.12. The van der Waals surface area contributed by atoms with Gasteiger partial charge in [0.05, 0.1) is 16.8 Å². The molecule has 0 aliphatic heterocycles. The lowest BCUT2D eigenvalue weighted by atomic mass is 10.0. The van der Waals surface area contributed by atoms with Crippen LogP contribution in [0.25, 0.3) is 22.2 Å². The van der Waals surface area contributed by atoms with Crippen LogP contribution in [-0.4, -0.2) is 17.4 Å². The fourth-order valence-electron chi connectivity index (χ4n) is 2.42. The number of carbonyl (C=O) groups is 1. The van der Waals surface area contributed by atoms with Crippen molar-refractivity contribution in [3.8, 4) is 11.3 Å². The number of nitrogens with one attached hydrogen (secondary N) is 1. The van der Waals surface area contributed by atoms with Crippen LogP contribution in [0.15, 0.2) is 41.1 Å². The van der Waals surface area contributed by atoms with E-state index >= 15 is 0 Å². The first kappa shape index (κ1) is 14.7. The first-order valence-electron chi connectivity index (χ1n) is 7.41. The molecular formula is C18H18N2OS. The predicted octanol–water partition coefficient (Wildman–Crippen LogP) is 4.41. The summed E-state index contributed by atoms with van der Waals surface area (Å²) in [6.45, 7) is 4.76. The van der Waals surface area contributed by atoms with E-state index in [4.69, 9.17) is 4.98 Å². The van der Waals surface area contributed by atoms with Crippen LogP contribution < -0.4 is 5.32 Å². The second-order valence-electron chi connectivity index (χ2n) is 5.34. The van der Waals surface area contributed by atoms with E-state index in [9.17, 15) is 4.79 Å². The van der Waals surface area contributed by atoms with Gasteiger partial charge < -0.3 is 5.32 Å². The molecule has 0 unspecified atom stereocenters. The molecule has 0 saturated heterocycles. The molecule has 2 heterocycles. The maximum Gasteiger partial charge on any atom is 0.252 e. The van der Waals surface area contributed by atoms with Crippen molar-refractivity contribution in [1.82, 2.24) is 10.3 Å². The molecule has 3 nitrogen and oxygen atoms in total. The zero-order valence-electron chi connectivity index (χ0n) is 12.7. The van der Waals surface area contributed by atoms with Gasteiger partial charge >= 0.3 is 0 Å². The topological polar surface area (TPSA) is 42.0 Å². The summed E-state index contributed by atoms with van der Waals surface area (Å²) in [5, 5.41) is 7.95. The van der Waals surface area contributed by atoms with E-state index in [2.05, 4.69) is 10.7 Å². The van der Waals surface area contributed by atoms with Gasteiger partial charge in [-0.1, -0.05) is 18.6 Å². The number of carbonyl (C=O) groups excluding carboxylic acids is 1. The van der Waals surface area contributed by atoms with E-state index < -0.39 is 0 Å². The number of aromatic nitrogens is 1. The predicted molar refractivity (Wildman–Crippen MR) is 92.4 cm³/mol. The van der Waals surface area contributed by atoms with Crippen molar-refractivity contribution in [1.29, 1.82) is 0 Å².